The van der Waals surface area contributed by atoms with Gasteiger partial charge >= 0.3 is 0 Å². The number of aromatic nitrogens is 1. The SMILES string of the molecule is N#CCC(c1ccccn1)C1C2CC3CC(C2)CC1C3. The van der Waals surface area contributed by atoms with Gasteiger partial charge in [0.2, 0.25) is 0 Å². The van der Waals surface area contributed by atoms with Crippen molar-refractivity contribution in [3.63, 3.8) is 0 Å². The molecule has 0 radical (unpaired) electrons. The van der Waals surface area contributed by atoms with Gasteiger partial charge in [-0.15, -0.1) is 0 Å². The zero-order valence-electron chi connectivity index (χ0n) is 11.9. The van der Waals surface area contributed by atoms with Crippen LogP contribution >= 0.6 is 0 Å². The average Bonchev–Trinajstić information content (AvgIpc) is 2.46. The lowest BCUT2D eigenvalue weighted by atomic mass is 9.49. The molecule has 4 saturated carbocycles. The van der Waals surface area contributed by atoms with Crippen molar-refractivity contribution in [3.05, 3.63) is 30.1 Å². The topological polar surface area (TPSA) is 36.7 Å². The highest BCUT2D eigenvalue weighted by molar-refractivity contribution is 5.16. The Morgan fingerprint density at radius 3 is 2.35 bits per heavy atom. The second kappa shape index (κ2) is 4.88. The molecule has 2 nitrogen and oxygen atoms in total. The zero-order chi connectivity index (χ0) is 13.5. The monoisotopic (exact) mass is 266 g/mol. The van der Waals surface area contributed by atoms with Crippen LogP contribution in [0.15, 0.2) is 24.4 Å². The first-order valence-electron chi connectivity index (χ1n) is 8.13. The molecule has 0 amide bonds. The van der Waals surface area contributed by atoms with E-state index >= 15 is 0 Å². The molecule has 0 aliphatic heterocycles. The summed E-state index contributed by atoms with van der Waals surface area (Å²) in [5.74, 6) is 4.83. The molecule has 1 atom stereocenters. The summed E-state index contributed by atoms with van der Waals surface area (Å²) < 4.78 is 0. The molecule has 1 heterocycles. The summed E-state index contributed by atoms with van der Waals surface area (Å²) in [5, 5.41) is 9.27. The van der Waals surface area contributed by atoms with Crippen molar-refractivity contribution in [3.8, 4) is 6.07 Å². The largest absolute Gasteiger partial charge is 0.261 e. The van der Waals surface area contributed by atoms with Gasteiger partial charge in [-0.25, -0.2) is 0 Å². The van der Waals surface area contributed by atoms with Gasteiger partial charge < -0.3 is 0 Å². The van der Waals surface area contributed by atoms with E-state index in [0.29, 0.717) is 12.3 Å². The maximum absolute atomic E-state index is 9.27. The van der Waals surface area contributed by atoms with Crippen LogP contribution in [0.4, 0.5) is 0 Å². The number of nitriles is 1. The van der Waals surface area contributed by atoms with Gasteiger partial charge in [0.05, 0.1) is 6.07 Å². The van der Waals surface area contributed by atoms with E-state index in [-0.39, 0.29) is 0 Å². The van der Waals surface area contributed by atoms with Crippen LogP contribution < -0.4 is 0 Å². The molecule has 1 unspecified atom stereocenters. The molecule has 1 aromatic rings. The van der Waals surface area contributed by atoms with E-state index in [2.05, 4.69) is 23.2 Å². The molecular weight excluding hydrogens is 244 g/mol. The van der Waals surface area contributed by atoms with Crippen LogP contribution in [0, 0.1) is 40.9 Å². The van der Waals surface area contributed by atoms with E-state index in [9.17, 15) is 5.26 Å². The highest BCUT2D eigenvalue weighted by Crippen LogP contribution is 2.60. The van der Waals surface area contributed by atoms with Gasteiger partial charge in [0.15, 0.2) is 0 Å². The number of nitrogens with zero attached hydrogens (tertiary/aromatic N) is 2. The first-order chi connectivity index (χ1) is 9.85. The van der Waals surface area contributed by atoms with Crippen LogP contribution in [0.1, 0.15) is 50.1 Å². The molecule has 0 saturated heterocycles. The lowest BCUT2D eigenvalue weighted by Gasteiger charge is -2.56. The Kier molecular flexibility index (Phi) is 3.02. The minimum absolute atomic E-state index is 0.371. The van der Waals surface area contributed by atoms with Crippen molar-refractivity contribution >= 4 is 0 Å². The lowest BCUT2D eigenvalue weighted by Crippen LogP contribution is -2.47. The van der Waals surface area contributed by atoms with E-state index in [1.807, 2.05) is 12.3 Å². The van der Waals surface area contributed by atoms with Crippen LogP contribution in [0.3, 0.4) is 0 Å². The maximum Gasteiger partial charge on any atom is 0.0628 e. The van der Waals surface area contributed by atoms with Gasteiger partial charge in [0.1, 0.15) is 0 Å². The van der Waals surface area contributed by atoms with Crippen molar-refractivity contribution in [1.82, 2.24) is 4.98 Å². The minimum atomic E-state index is 0.371. The van der Waals surface area contributed by atoms with E-state index < -0.39 is 0 Å². The van der Waals surface area contributed by atoms with Gasteiger partial charge in [0.25, 0.3) is 0 Å². The van der Waals surface area contributed by atoms with Crippen LogP contribution in [0.25, 0.3) is 0 Å². The maximum atomic E-state index is 9.27. The first kappa shape index (κ1) is 12.4. The molecule has 4 aliphatic rings. The number of pyridine rings is 1. The third-order valence-corrected chi connectivity index (χ3v) is 6.14. The normalized spacial score (nSPS) is 39.5. The fourth-order valence-corrected chi connectivity index (χ4v) is 5.76. The standard InChI is InChI=1S/C18H22N2/c19-5-4-16(17-3-1-2-6-20-17)18-14-8-12-7-13(10-14)11-15(18)9-12/h1-3,6,12-16,18H,4,7-11H2. The third kappa shape index (κ3) is 1.95. The smallest absolute Gasteiger partial charge is 0.0628 e. The highest BCUT2D eigenvalue weighted by atomic mass is 14.7. The second-order valence-electron chi connectivity index (χ2n) is 7.23. The zero-order valence-corrected chi connectivity index (χ0v) is 11.9. The number of hydrogen-bond acceptors (Lipinski definition) is 2. The summed E-state index contributed by atoms with van der Waals surface area (Å²) in [6, 6.07) is 8.62. The molecule has 5 rings (SSSR count). The molecule has 2 heteroatoms. The Bertz CT molecular complexity index is 488. The van der Waals surface area contributed by atoms with Gasteiger partial charge in [0, 0.05) is 24.2 Å². The van der Waals surface area contributed by atoms with Crippen LogP contribution in [0.2, 0.25) is 0 Å². The Balaban J connectivity index is 1.65. The highest BCUT2D eigenvalue weighted by Gasteiger charge is 2.50. The molecule has 104 valence electrons. The van der Waals surface area contributed by atoms with Crippen molar-refractivity contribution in [2.24, 2.45) is 29.6 Å². The average molecular weight is 266 g/mol. The summed E-state index contributed by atoms with van der Waals surface area (Å²) >= 11 is 0. The molecule has 0 N–H and O–H groups in total. The summed E-state index contributed by atoms with van der Waals surface area (Å²) in [4.78, 5) is 4.58. The van der Waals surface area contributed by atoms with Gasteiger partial charge in [-0.05, 0) is 73.8 Å². The molecule has 0 aromatic carbocycles. The lowest BCUT2D eigenvalue weighted by molar-refractivity contribution is -0.0478. The van der Waals surface area contributed by atoms with E-state index in [4.69, 9.17) is 0 Å². The van der Waals surface area contributed by atoms with Gasteiger partial charge in [-0.3, -0.25) is 4.98 Å². The number of hydrogen-bond donors (Lipinski definition) is 0. The summed E-state index contributed by atoms with van der Waals surface area (Å²) in [6.45, 7) is 0. The Morgan fingerprint density at radius 1 is 1.10 bits per heavy atom. The fourth-order valence-electron chi connectivity index (χ4n) is 5.76. The van der Waals surface area contributed by atoms with Crippen molar-refractivity contribution in [1.29, 1.82) is 5.26 Å². The predicted molar refractivity (Wildman–Crippen MR) is 77.7 cm³/mol. The van der Waals surface area contributed by atoms with Crippen LogP contribution in [0.5, 0.6) is 0 Å². The summed E-state index contributed by atoms with van der Waals surface area (Å²) in [5.41, 5.74) is 1.16. The van der Waals surface area contributed by atoms with E-state index in [1.54, 1.807) is 0 Å². The van der Waals surface area contributed by atoms with E-state index in [1.165, 1.54) is 32.1 Å². The molecule has 20 heavy (non-hydrogen) atoms. The molecule has 4 aliphatic carbocycles. The van der Waals surface area contributed by atoms with Crippen molar-refractivity contribution in [2.45, 2.75) is 44.4 Å². The predicted octanol–water partition coefficient (Wildman–Crippen LogP) is 4.15. The molecule has 4 fully saturated rings. The molecule has 0 spiro atoms. The molecule has 1 aromatic heterocycles. The third-order valence-electron chi connectivity index (χ3n) is 6.14. The first-order valence-corrected chi connectivity index (χ1v) is 8.13. The Morgan fingerprint density at radius 2 is 1.80 bits per heavy atom. The Hall–Kier alpha value is -1.36. The molecule has 4 bridgehead atoms. The summed E-state index contributed by atoms with van der Waals surface area (Å²) in [6.07, 6.45) is 9.71. The Labute approximate surface area is 121 Å². The van der Waals surface area contributed by atoms with Gasteiger partial charge in [-0.2, -0.15) is 5.26 Å². The summed E-state index contributed by atoms with van der Waals surface area (Å²) in [7, 11) is 0. The molecular formula is C18H22N2. The van der Waals surface area contributed by atoms with Crippen LogP contribution in [-0.4, -0.2) is 4.98 Å². The fraction of sp³-hybridized carbons (Fsp3) is 0.667. The number of rotatable bonds is 3. The van der Waals surface area contributed by atoms with Crippen molar-refractivity contribution < 1.29 is 0 Å². The second-order valence-corrected chi connectivity index (χ2v) is 7.23. The van der Waals surface area contributed by atoms with Crippen LogP contribution in [-0.2, 0) is 0 Å². The van der Waals surface area contributed by atoms with E-state index in [0.717, 1.165) is 35.3 Å². The quantitative estimate of drug-likeness (QED) is 0.824. The minimum Gasteiger partial charge on any atom is -0.261 e. The van der Waals surface area contributed by atoms with Gasteiger partial charge in [-0.1, -0.05) is 6.07 Å². The van der Waals surface area contributed by atoms with Crippen molar-refractivity contribution in [2.75, 3.05) is 0 Å².